The molecule has 2 rings (SSSR count). The SMILES string of the molecule is [2H]c1nc(N[C@H]2CO[C@H](CO)[C@H](O)[C@@H]2O)nc(OC)c1C. The standard InChI is InChI=1S/C12H19N3O5/c1-6-3-13-12(15-11(6)19-2)14-7-5-20-8(4-16)10(18)9(7)17/h3,7-10,16-18H,4-5H2,1-2H3,(H,13,14,15)/t7-,8+,9+,10-/m0/s1/i3D. The first kappa shape index (κ1) is 13.5. The number of aliphatic hydroxyl groups is 3. The van der Waals surface area contributed by atoms with Crippen molar-refractivity contribution in [1.29, 1.82) is 0 Å². The highest BCUT2D eigenvalue weighted by Crippen LogP contribution is 2.20. The molecule has 2 heterocycles. The lowest BCUT2D eigenvalue weighted by atomic mass is 9.98. The van der Waals surface area contributed by atoms with Crippen LogP contribution in [0.3, 0.4) is 0 Å². The third-order valence-corrected chi connectivity index (χ3v) is 3.18. The first-order chi connectivity index (χ1) is 9.97. The van der Waals surface area contributed by atoms with E-state index in [1.807, 2.05) is 0 Å². The number of nitrogens with one attached hydrogen (secondary N) is 1. The molecule has 8 nitrogen and oxygen atoms in total. The predicted molar refractivity (Wildman–Crippen MR) is 69.6 cm³/mol. The van der Waals surface area contributed by atoms with E-state index in [0.29, 0.717) is 5.56 Å². The zero-order valence-corrected chi connectivity index (χ0v) is 11.3. The summed E-state index contributed by atoms with van der Waals surface area (Å²) in [6.45, 7) is 1.35. The molecule has 20 heavy (non-hydrogen) atoms. The smallest absolute Gasteiger partial charge is 0.226 e. The van der Waals surface area contributed by atoms with Crippen LogP contribution in [0.25, 0.3) is 0 Å². The highest BCUT2D eigenvalue weighted by Gasteiger charge is 2.38. The Morgan fingerprint density at radius 2 is 2.30 bits per heavy atom. The first-order valence-corrected chi connectivity index (χ1v) is 6.22. The molecule has 1 fully saturated rings. The van der Waals surface area contributed by atoms with E-state index in [0.717, 1.165) is 0 Å². The zero-order valence-electron chi connectivity index (χ0n) is 12.3. The minimum atomic E-state index is -1.22. The second kappa shape index (κ2) is 6.31. The van der Waals surface area contributed by atoms with Crippen molar-refractivity contribution in [2.75, 3.05) is 25.6 Å². The van der Waals surface area contributed by atoms with Gasteiger partial charge in [-0.25, -0.2) is 4.98 Å². The van der Waals surface area contributed by atoms with Crippen molar-refractivity contribution >= 4 is 5.95 Å². The molecule has 1 aromatic heterocycles. The highest BCUT2D eigenvalue weighted by molar-refractivity contribution is 5.34. The third-order valence-electron chi connectivity index (χ3n) is 3.18. The molecule has 1 aliphatic heterocycles. The predicted octanol–water partition coefficient (Wildman–Crippen LogP) is -1.31. The van der Waals surface area contributed by atoms with E-state index in [-0.39, 0.29) is 31.2 Å². The Morgan fingerprint density at radius 1 is 1.55 bits per heavy atom. The first-order valence-electron chi connectivity index (χ1n) is 6.72. The van der Waals surface area contributed by atoms with Gasteiger partial charge < -0.3 is 30.1 Å². The maximum Gasteiger partial charge on any atom is 0.226 e. The Hall–Kier alpha value is -1.48. The lowest BCUT2D eigenvalue weighted by Crippen LogP contribution is -2.56. The molecule has 0 saturated carbocycles. The van der Waals surface area contributed by atoms with Crippen LogP contribution < -0.4 is 10.1 Å². The second-order valence-corrected chi connectivity index (χ2v) is 4.58. The van der Waals surface area contributed by atoms with Crippen LogP contribution in [-0.4, -0.2) is 70.0 Å². The number of hydrogen-bond acceptors (Lipinski definition) is 8. The summed E-state index contributed by atoms with van der Waals surface area (Å²) >= 11 is 0. The summed E-state index contributed by atoms with van der Waals surface area (Å²) in [6, 6.07) is -0.658. The molecule has 4 atom stereocenters. The van der Waals surface area contributed by atoms with E-state index in [1.54, 1.807) is 6.92 Å². The largest absolute Gasteiger partial charge is 0.481 e. The number of aliphatic hydroxyl groups excluding tert-OH is 3. The molecule has 0 radical (unpaired) electrons. The van der Waals surface area contributed by atoms with E-state index in [2.05, 4.69) is 15.3 Å². The Bertz CT molecular complexity index is 504. The molecule has 0 bridgehead atoms. The lowest BCUT2D eigenvalue weighted by Gasteiger charge is -2.37. The van der Waals surface area contributed by atoms with Crippen LogP contribution >= 0.6 is 0 Å². The lowest BCUT2D eigenvalue weighted by molar-refractivity contribution is -0.152. The van der Waals surface area contributed by atoms with Gasteiger partial charge >= 0.3 is 0 Å². The van der Waals surface area contributed by atoms with Gasteiger partial charge in [-0.05, 0) is 6.92 Å². The fourth-order valence-electron chi connectivity index (χ4n) is 1.99. The summed E-state index contributed by atoms with van der Waals surface area (Å²) < 4.78 is 18.0. The second-order valence-electron chi connectivity index (χ2n) is 4.58. The molecule has 4 N–H and O–H groups in total. The monoisotopic (exact) mass is 286 g/mol. The molecular formula is C12H19N3O5. The number of aromatic nitrogens is 2. The molecule has 8 heteroatoms. The van der Waals surface area contributed by atoms with Gasteiger partial charge in [0.15, 0.2) is 0 Å². The van der Waals surface area contributed by atoms with E-state index in [1.165, 1.54) is 7.11 Å². The minimum absolute atomic E-state index is 0.00403. The summed E-state index contributed by atoms with van der Waals surface area (Å²) in [6.07, 6.45) is -3.19. The number of ether oxygens (including phenoxy) is 2. The van der Waals surface area contributed by atoms with Gasteiger partial charge in [-0.1, -0.05) is 0 Å². The summed E-state index contributed by atoms with van der Waals surface area (Å²) in [5.74, 6) is 0.363. The van der Waals surface area contributed by atoms with Gasteiger partial charge in [0.25, 0.3) is 0 Å². The molecule has 1 aromatic rings. The summed E-state index contributed by atoms with van der Waals surface area (Å²) in [5, 5.41) is 31.6. The van der Waals surface area contributed by atoms with Gasteiger partial charge in [-0.3, -0.25) is 0 Å². The average Bonchev–Trinajstić information content (AvgIpc) is 2.47. The normalized spacial score (nSPS) is 30.8. The molecule has 112 valence electrons. The third kappa shape index (κ3) is 2.98. The van der Waals surface area contributed by atoms with Gasteiger partial charge in [0.2, 0.25) is 11.8 Å². The van der Waals surface area contributed by atoms with Gasteiger partial charge in [-0.2, -0.15) is 4.98 Å². The Morgan fingerprint density at radius 3 is 2.95 bits per heavy atom. The van der Waals surface area contributed by atoms with Crippen LogP contribution in [0.2, 0.25) is 0 Å². The summed E-state index contributed by atoms with van der Waals surface area (Å²) in [7, 11) is 1.44. The molecule has 0 spiro atoms. The minimum Gasteiger partial charge on any atom is -0.481 e. The van der Waals surface area contributed by atoms with Crippen LogP contribution in [0.15, 0.2) is 6.17 Å². The molecular weight excluding hydrogens is 266 g/mol. The maximum atomic E-state index is 10.0. The number of rotatable bonds is 4. The Balaban J connectivity index is 2.13. The Labute approximate surface area is 117 Å². The van der Waals surface area contributed by atoms with Crippen LogP contribution in [-0.2, 0) is 4.74 Å². The summed E-state index contributed by atoms with van der Waals surface area (Å²) in [4.78, 5) is 8.02. The Kier molecular flexibility index (Phi) is 4.26. The molecule has 0 aliphatic carbocycles. The van der Waals surface area contributed by atoms with Crippen LogP contribution in [0.5, 0.6) is 5.88 Å². The number of nitrogens with zero attached hydrogens (tertiary/aromatic N) is 2. The topological polar surface area (TPSA) is 117 Å². The molecule has 0 unspecified atom stereocenters. The van der Waals surface area contributed by atoms with Gasteiger partial charge in [0, 0.05) is 11.7 Å². The quantitative estimate of drug-likeness (QED) is 0.539. The van der Waals surface area contributed by atoms with E-state index in [9.17, 15) is 10.2 Å². The van der Waals surface area contributed by atoms with Gasteiger partial charge in [0.1, 0.15) is 18.3 Å². The summed E-state index contributed by atoms with van der Waals surface area (Å²) in [5.41, 5.74) is 0.504. The van der Waals surface area contributed by atoms with E-state index < -0.39 is 24.4 Å². The van der Waals surface area contributed by atoms with Crippen molar-refractivity contribution in [2.24, 2.45) is 0 Å². The van der Waals surface area contributed by atoms with Gasteiger partial charge in [0.05, 0.1) is 27.7 Å². The van der Waals surface area contributed by atoms with Crippen molar-refractivity contribution < 1.29 is 26.2 Å². The zero-order chi connectivity index (χ0) is 15.6. The van der Waals surface area contributed by atoms with Crippen molar-refractivity contribution in [1.82, 2.24) is 9.97 Å². The average molecular weight is 286 g/mol. The molecule has 0 amide bonds. The van der Waals surface area contributed by atoms with Crippen molar-refractivity contribution in [2.45, 2.75) is 31.3 Å². The highest BCUT2D eigenvalue weighted by atomic mass is 16.5. The number of methoxy groups -OCH3 is 1. The van der Waals surface area contributed by atoms with Crippen molar-refractivity contribution in [3.8, 4) is 5.88 Å². The fourth-order valence-corrected chi connectivity index (χ4v) is 1.99. The van der Waals surface area contributed by atoms with Crippen molar-refractivity contribution in [3.63, 3.8) is 0 Å². The van der Waals surface area contributed by atoms with Crippen LogP contribution in [0.4, 0.5) is 5.95 Å². The van der Waals surface area contributed by atoms with E-state index in [4.69, 9.17) is 16.0 Å². The van der Waals surface area contributed by atoms with Crippen molar-refractivity contribution in [3.05, 3.63) is 11.7 Å². The van der Waals surface area contributed by atoms with E-state index >= 15 is 0 Å². The molecule has 1 saturated heterocycles. The molecule has 1 aliphatic rings. The molecule has 0 aromatic carbocycles. The van der Waals surface area contributed by atoms with Crippen LogP contribution in [0.1, 0.15) is 6.93 Å². The van der Waals surface area contributed by atoms with Crippen LogP contribution in [0, 0.1) is 6.92 Å². The number of anilines is 1. The van der Waals surface area contributed by atoms with Gasteiger partial charge in [-0.15, -0.1) is 0 Å². The number of hydrogen-bond donors (Lipinski definition) is 4. The maximum absolute atomic E-state index is 10.0. The fraction of sp³-hybridized carbons (Fsp3) is 0.667.